The standard InChI is InChI=1S/C6H8ClF3O3S/c7-14(11,12)5(6(8,9)10)4-1-2-13-3-4/h4-5H,1-3H2. The minimum Gasteiger partial charge on any atom is -0.381 e. The summed E-state index contributed by atoms with van der Waals surface area (Å²) in [7, 11) is 0.122. The van der Waals surface area contributed by atoms with Gasteiger partial charge in [0.1, 0.15) is 0 Å². The van der Waals surface area contributed by atoms with Crippen molar-refractivity contribution in [2.45, 2.75) is 17.8 Å². The van der Waals surface area contributed by atoms with Crippen LogP contribution in [0.3, 0.4) is 0 Å². The van der Waals surface area contributed by atoms with Crippen molar-refractivity contribution >= 4 is 19.7 Å². The Morgan fingerprint density at radius 1 is 1.43 bits per heavy atom. The van der Waals surface area contributed by atoms with E-state index in [0.717, 1.165) is 0 Å². The van der Waals surface area contributed by atoms with Gasteiger partial charge in [-0.1, -0.05) is 0 Å². The second kappa shape index (κ2) is 3.86. The summed E-state index contributed by atoms with van der Waals surface area (Å²) in [4.78, 5) is 0. The molecule has 14 heavy (non-hydrogen) atoms. The molecule has 1 fully saturated rings. The lowest BCUT2D eigenvalue weighted by Gasteiger charge is -2.21. The number of alkyl halides is 3. The molecule has 1 aliphatic rings. The van der Waals surface area contributed by atoms with Crippen molar-refractivity contribution in [1.82, 2.24) is 0 Å². The first-order valence-corrected chi connectivity index (χ1v) is 6.18. The van der Waals surface area contributed by atoms with Gasteiger partial charge >= 0.3 is 6.18 Å². The maximum Gasteiger partial charge on any atom is 0.407 e. The molecule has 2 unspecified atom stereocenters. The average molecular weight is 253 g/mol. The van der Waals surface area contributed by atoms with Crippen LogP contribution < -0.4 is 0 Å². The van der Waals surface area contributed by atoms with Gasteiger partial charge in [-0.3, -0.25) is 0 Å². The van der Waals surface area contributed by atoms with Gasteiger partial charge in [-0.25, -0.2) is 8.42 Å². The van der Waals surface area contributed by atoms with E-state index < -0.39 is 26.4 Å². The Labute approximate surface area is 83.6 Å². The highest BCUT2D eigenvalue weighted by molar-refractivity contribution is 8.14. The number of hydrogen-bond acceptors (Lipinski definition) is 3. The molecule has 1 saturated heterocycles. The smallest absolute Gasteiger partial charge is 0.381 e. The molecule has 0 spiro atoms. The summed E-state index contributed by atoms with van der Waals surface area (Å²) in [6.07, 6.45) is -4.77. The molecule has 1 heterocycles. The molecular weight excluding hydrogens is 245 g/mol. The molecular formula is C6H8ClF3O3S. The number of rotatable bonds is 2. The Hall–Kier alpha value is -0.0100. The van der Waals surface area contributed by atoms with Crippen LogP contribution >= 0.6 is 10.7 Å². The molecule has 0 aromatic carbocycles. The second-order valence-corrected chi connectivity index (χ2v) is 5.81. The van der Waals surface area contributed by atoms with Gasteiger partial charge in [0.25, 0.3) is 0 Å². The summed E-state index contributed by atoms with van der Waals surface area (Å²) >= 11 is 0. The summed E-state index contributed by atoms with van der Waals surface area (Å²) in [6.45, 7) is -0.0697. The van der Waals surface area contributed by atoms with E-state index in [0.29, 0.717) is 0 Å². The molecule has 0 aromatic heterocycles. The molecule has 0 saturated carbocycles. The molecule has 1 aliphatic heterocycles. The average Bonchev–Trinajstić information content (AvgIpc) is 2.31. The Bertz CT molecular complexity index is 294. The van der Waals surface area contributed by atoms with E-state index in [2.05, 4.69) is 0 Å². The van der Waals surface area contributed by atoms with Crippen molar-refractivity contribution < 1.29 is 26.3 Å². The minimum atomic E-state index is -4.83. The van der Waals surface area contributed by atoms with Crippen molar-refractivity contribution in [2.75, 3.05) is 13.2 Å². The van der Waals surface area contributed by atoms with Gasteiger partial charge in [0, 0.05) is 23.2 Å². The first-order valence-electron chi connectivity index (χ1n) is 3.81. The number of ether oxygens (including phenoxy) is 1. The van der Waals surface area contributed by atoms with Gasteiger partial charge in [-0.05, 0) is 6.42 Å². The zero-order valence-electron chi connectivity index (χ0n) is 6.92. The van der Waals surface area contributed by atoms with Crippen LogP contribution in [-0.2, 0) is 13.8 Å². The summed E-state index contributed by atoms with van der Waals surface area (Å²) in [5, 5.41) is -2.51. The topological polar surface area (TPSA) is 43.4 Å². The minimum absolute atomic E-state index is 0.0656. The molecule has 84 valence electrons. The Morgan fingerprint density at radius 2 is 2.00 bits per heavy atom. The van der Waals surface area contributed by atoms with Crippen LogP contribution in [0.2, 0.25) is 0 Å². The van der Waals surface area contributed by atoms with E-state index in [1.54, 1.807) is 0 Å². The summed E-state index contributed by atoms with van der Waals surface area (Å²) in [5.74, 6) is -1.09. The number of halogens is 4. The van der Waals surface area contributed by atoms with Crippen molar-refractivity contribution in [3.05, 3.63) is 0 Å². The predicted molar refractivity (Wildman–Crippen MR) is 43.5 cm³/mol. The van der Waals surface area contributed by atoms with Crippen LogP contribution in [0.5, 0.6) is 0 Å². The van der Waals surface area contributed by atoms with Gasteiger partial charge in [0.2, 0.25) is 9.05 Å². The fraction of sp³-hybridized carbons (Fsp3) is 1.00. The van der Waals surface area contributed by atoms with Gasteiger partial charge in [-0.2, -0.15) is 13.2 Å². The Balaban J connectivity index is 2.93. The molecule has 0 aromatic rings. The molecule has 3 nitrogen and oxygen atoms in total. The zero-order valence-corrected chi connectivity index (χ0v) is 8.49. The maximum absolute atomic E-state index is 12.3. The van der Waals surface area contributed by atoms with Crippen LogP contribution in [-0.4, -0.2) is 33.1 Å². The van der Waals surface area contributed by atoms with E-state index in [9.17, 15) is 21.6 Å². The molecule has 0 aliphatic carbocycles. The van der Waals surface area contributed by atoms with Crippen LogP contribution in [0.25, 0.3) is 0 Å². The van der Waals surface area contributed by atoms with Crippen molar-refractivity contribution in [1.29, 1.82) is 0 Å². The lowest BCUT2D eigenvalue weighted by Crippen LogP contribution is -2.40. The Morgan fingerprint density at radius 3 is 2.29 bits per heavy atom. The van der Waals surface area contributed by atoms with Gasteiger partial charge in [0.05, 0.1) is 6.61 Å². The third-order valence-corrected chi connectivity index (χ3v) is 3.85. The van der Waals surface area contributed by atoms with Gasteiger partial charge < -0.3 is 4.74 Å². The largest absolute Gasteiger partial charge is 0.407 e. The fourth-order valence-electron chi connectivity index (χ4n) is 1.45. The zero-order chi connectivity index (χ0) is 11.0. The Kier molecular flexibility index (Phi) is 3.33. The van der Waals surface area contributed by atoms with Crippen LogP contribution in [0.1, 0.15) is 6.42 Å². The highest BCUT2D eigenvalue weighted by Gasteiger charge is 2.53. The molecule has 0 amide bonds. The van der Waals surface area contributed by atoms with E-state index in [1.165, 1.54) is 0 Å². The third kappa shape index (κ3) is 2.74. The van der Waals surface area contributed by atoms with Gasteiger partial charge in [0.15, 0.2) is 5.25 Å². The predicted octanol–water partition coefficient (Wildman–Crippen LogP) is 1.52. The molecule has 0 N–H and O–H groups in total. The van der Waals surface area contributed by atoms with E-state index >= 15 is 0 Å². The van der Waals surface area contributed by atoms with E-state index in [-0.39, 0.29) is 19.6 Å². The molecule has 0 radical (unpaired) electrons. The summed E-state index contributed by atoms with van der Waals surface area (Å²) in [6, 6.07) is 0. The van der Waals surface area contributed by atoms with E-state index in [4.69, 9.17) is 15.4 Å². The lowest BCUT2D eigenvalue weighted by molar-refractivity contribution is -0.139. The van der Waals surface area contributed by atoms with Crippen molar-refractivity contribution in [3.63, 3.8) is 0 Å². The first-order chi connectivity index (χ1) is 6.23. The second-order valence-electron chi connectivity index (χ2n) is 3.06. The normalized spacial score (nSPS) is 26.4. The van der Waals surface area contributed by atoms with Crippen molar-refractivity contribution in [3.8, 4) is 0 Å². The molecule has 8 heteroatoms. The highest BCUT2D eigenvalue weighted by Crippen LogP contribution is 2.36. The molecule has 1 rings (SSSR count). The quantitative estimate of drug-likeness (QED) is 0.700. The first kappa shape index (κ1) is 12.1. The summed E-state index contributed by atoms with van der Waals surface area (Å²) < 4.78 is 63.3. The monoisotopic (exact) mass is 252 g/mol. The highest BCUT2D eigenvalue weighted by atomic mass is 35.7. The fourth-order valence-corrected chi connectivity index (χ4v) is 3.18. The van der Waals surface area contributed by atoms with Crippen molar-refractivity contribution in [2.24, 2.45) is 5.92 Å². The number of hydrogen-bond donors (Lipinski definition) is 0. The van der Waals surface area contributed by atoms with Gasteiger partial charge in [-0.15, -0.1) is 0 Å². The SMILES string of the molecule is O=S(=O)(Cl)C(C1CCOC1)C(F)(F)F. The lowest BCUT2D eigenvalue weighted by atomic mass is 10.0. The van der Waals surface area contributed by atoms with Crippen LogP contribution in [0, 0.1) is 5.92 Å². The maximum atomic E-state index is 12.3. The third-order valence-electron chi connectivity index (χ3n) is 2.02. The van der Waals surface area contributed by atoms with E-state index in [1.807, 2.05) is 0 Å². The van der Waals surface area contributed by atoms with Crippen LogP contribution in [0.4, 0.5) is 13.2 Å². The van der Waals surface area contributed by atoms with Crippen LogP contribution in [0.15, 0.2) is 0 Å². The summed E-state index contributed by atoms with van der Waals surface area (Å²) in [5.41, 5.74) is 0. The molecule has 0 bridgehead atoms. The molecule has 2 atom stereocenters.